The van der Waals surface area contributed by atoms with Crippen LogP contribution in [-0.2, 0) is 9.47 Å². The van der Waals surface area contributed by atoms with Gasteiger partial charge < -0.3 is 9.47 Å². The van der Waals surface area contributed by atoms with Gasteiger partial charge in [-0.2, -0.15) is 0 Å². The highest BCUT2D eigenvalue weighted by molar-refractivity contribution is 5.92. The second-order valence-electron chi connectivity index (χ2n) is 4.17. The fourth-order valence-corrected chi connectivity index (χ4v) is 1.99. The van der Waals surface area contributed by atoms with Crippen LogP contribution in [0.25, 0.3) is 5.78 Å². The third-order valence-electron chi connectivity index (χ3n) is 2.91. The molecule has 106 valence electrons. The van der Waals surface area contributed by atoms with Crippen molar-refractivity contribution in [2.24, 2.45) is 0 Å². The van der Waals surface area contributed by atoms with Gasteiger partial charge in [0.25, 0.3) is 0 Å². The van der Waals surface area contributed by atoms with Crippen LogP contribution in [0.3, 0.4) is 0 Å². The molecule has 0 aromatic carbocycles. The number of methoxy groups -OCH3 is 1. The van der Waals surface area contributed by atoms with Crippen molar-refractivity contribution in [3.05, 3.63) is 28.8 Å². The average molecular weight is 277 g/mol. The first-order valence-electron chi connectivity index (χ1n) is 6.11. The molecule has 0 saturated heterocycles. The summed E-state index contributed by atoms with van der Waals surface area (Å²) in [6.45, 7) is 5.42. The Morgan fingerprint density at radius 1 is 1.25 bits per heavy atom. The van der Waals surface area contributed by atoms with E-state index >= 15 is 0 Å². The van der Waals surface area contributed by atoms with E-state index in [2.05, 4.69) is 9.97 Å². The Balaban J connectivity index is 2.61. The smallest absolute Gasteiger partial charge is 0.358 e. The van der Waals surface area contributed by atoms with Gasteiger partial charge in [0, 0.05) is 11.9 Å². The van der Waals surface area contributed by atoms with Gasteiger partial charge in [0.2, 0.25) is 5.78 Å². The Bertz CT molecular complexity index is 690. The van der Waals surface area contributed by atoms with Crippen LogP contribution in [0.15, 0.2) is 6.20 Å². The second kappa shape index (κ2) is 5.28. The number of aromatic nitrogens is 3. The zero-order valence-electron chi connectivity index (χ0n) is 11.8. The Labute approximate surface area is 115 Å². The Hall–Kier alpha value is -2.44. The van der Waals surface area contributed by atoms with Gasteiger partial charge >= 0.3 is 11.9 Å². The molecular formula is C13H15N3O4. The summed E-state index contributed by atoms with van der Waals surface area (Å²) < 4.78 is 11.2. The summed E-state index contributed by atoms with van der Waals surface area (Å²) in [5.41, 5.74) is 1.64. The number of carbonyl (C=O) groups excluding carboxylic acids is 2. The molecule has 0 amide bonds. The van der Waals surface area contributed by atoms with Crippen molar-refractivity contribution in [1.29, 1.82) is 0 Å². The molecule has 20 heavy (non-hydrogen) atoms. The highest BCUT2D eigenvalue weighted by Gasteiger charge is 2.20. The predicted octanol–water partition coefficient (Wildman–Crippen LogP) is 1.31. The molecule has 0 bridgehead atoms. The molecule has 0 aliphatic carbocycles. The van der Waals surface area contributed by atoms with Crippen molar-refractivity contribution in [2.75, 3.05) is 13.7 Å². The summed E-state index contributed by atoms with van der Waals surface area (Å²) in [6.07, 6.45) is 1.50. The van der Waals surface area contributed by atoms with Crippen molar-refractivity contribution in [3.63, 3.8) is 0 Å². The molecule has 2 aromatic rings. The van der Waals surface area contributed by atoms with Crippen LogP contribution in [0.4, 0.5) is 0 Å². The van der Waals surface area contributed by atoms with Gasteiger partial charge in [-0.3, -0.25) is 4.40 Å². The largest absolute Gasteiger partial charge is 0.465 e. The van der Waals surface area contributed by atoms with Crippen molar-refractivity contribution in [1.82, 2.24) is 14.4 Å². The molecule has 0 radical (unpaired) electrons. The molecule has 0 aliphatic rings. The fraction of sp³-hybridized carbons (Fsp3) is 0.385. The number of aryl methyl sites for hydroxylation is 2. The minimum absolute atomic E-state index is 0.156. The van der Waals surface area contributed by atoms with Crippen LogP contribution in [0.5, 0.6) is 0 Å². The first kappa shape index (κ1) is 14.0. The van der Waals surface area contributed by atoms with Gasteiger partial charge in [0.05, 0.1) is 19.4 Å². The number of hydrogen-bond acceptors (Lipinski definition) is 6. The molecule has 0 atom stereocenters. The third kappa shape index (κ3) is 2.22. The van der Waals surface area contributed by atoms with Crippen LogP contribution in [-0.4, -0.2) is 40.0 Å². The Morgan fingerprint density at radius 2 is 1.95 bits per heavy atom. The normalized spacial score (nSPS) is 10.6. The lowest BCUT2D eigenvalue weighted by molar-refractivity contribution is 0.0519. The SMILES string of the molecule is CCOC(=O)c1cn2c(C)c(C(=O)OC)c(C)nc2n1. The van der Waals surface area contributed by atoms with Crippen molar-refractivity contribution in [2.45, 2.75) is 20.8 Å². The zero-order chi connectivity index (χ0) is 14.9. The van der Waals surface area contributed by atoms with Gasteiger partial charge in [-0.25, -0.2) is 19.6 Å². The topological polar surface area (TPSA) is 82.8 Å². The molecule has 0 fully saturated rings. The lowest BCUT2D eigenvalue weighted by Crippen LogP contribution is -2.11. The standard InChI is InChI=1S/C13H15N3O4/c1-5-20-11(17)9-6-16-8(3)10(12(18)19-4)7(2)14-13(16)15-9/h6H,5H2,1-4H3. The number of rotatable bonds is 3. The van der Waals surface area contributed by atoms with Gasteiger partial charge in [-0.05, 0) is 20.8 Å². The molecule has 0 saturated carbocycles. The van der Waals surface area contributed by atoms with Gasteiger partial charge in [-0.15, -0.1) is 0 Å². The van der Waals surface area contributed by atoms with Gasteiger partial charge in [0.1, 0.15) is 5.56 Å². The quantitative estimate of drug-likeness (QED) is 0.787. The van der Waals surface area contributed by atoms with E-state index in [1.807, 2.05) is 0 Å². The number of esters is 2. The summed E-state index contributed by atoms with van der Waals surface area (Å²) >= 11 is 0. The maximum absolute atomic E-state index is 11.8. The monoisotopic (exact) mass is 277 g/mol. The first-order valence-corrected chi connectivity index (χ1v) is 6.11. The van der Waals surface area contributed by atoms with E-state index in [1.165, 1.54) is 13.3 Å². The number of carbonyl (C=O) groups is 2. The Morgan fingerprint density at radius 3 is 2.55 bits per heavy atom. The Kier molecular flexibility index (Phi) is 3.69. The zero-order valence-corrected chi connectivity index (χ0v) is 11.8. The minimum atomic E-state index is -0.519. The van der Waals surface area contributed by atoms with E-state index < -0.39 is 11.9 Å². The molecule has 2 aromatic heterocycles. The van der Waals surface area contributed by atoms with Crippen molar-refractivity contribution in [3.8, 4) is 0 Å². The van der Waals surface area contributed by atoms with E-state index in [9.17, 15) is 9.59 Å². The average Bonchev–Trinajstić information content (AvgIpc) is 2.83. The number of hydrogen-bond donors (Lipinski definition) is 0. The summed E-state index contributed by atoms with van der Waals surface area (Å²) in [7, 11) is 1.31. The molecule has 7 heteroatoms. The van der Waals surface area contributed by atoms with Crippen LogP contribution in [0.2, 0.25) is 0 Å². The second-order valence-corrected chi connectivity index (χ2v) is 4.17. The number of nitrogens with zero attached hydrogens (tertiary/aromatic N) is 3. The van der Waals surface area contributed by atoms with Crippen molar-refractivity contribution < 1.29 is 19.1 Å². The fourth-order valence-electron chi connectivity index (χ4n) is 1.99. The molecular weight excluding hydrogens is 262 g/mol. The molecule has 0 aliphatic heterocycles. The van der Waals surface area contributed by atoms with Crippen molar-refractivity contribution >= 4 is 17.7 Å². The molecule has 0 N–H and O–H groups in total. The summed E-state index contributed by atoms with van der Waals surface area (Å²) in [5, 5.41) is 0. The van der Waals surface area contributed by atoms with E-state index in [-0.39, 0.29) is 12.3 Å². The highest BCUT2D eigenvalue weighted by Crippen LogP contribution is 2.16. The summed E-state index contributed by atoms with van der Waals surface area (Å²) in [4.78, 5) is 31.7. The lowest BCUT2D eigenvalue weighted by atomic mass is 10.2. The van der Waals surface area contributed by atoms with E-state index in [0.717, 1.165) is 0 Å². The maximum Gasteiger partial charge on any atom is 0.358 e. The first-order chi connectivity index (χ1) is 9.49. The predicted molar refractivity (Wildman–Crippen MR) is 69.8 cm³/mol. The number of imidazole rings is 1. The molecule has 0 unspecified atom stereocenters. The summed E-state index contributed by atoms with van der Waals surface area (Å²) in [5.74, 6) is -0.647. The summed E-state index contributed by atoms with van der Waals surface area (Å²) in [6, 6.07) is 0. The van der Waals surface area contributed by atoms with Crippen LogP contribution < -0.4 is 0 Å². The molecule has 0 spiro atoms. The third-order valence-corrected chi connectivity index (χ3v) is 2.91. The highest BCUT2D eigenvalue weighted by atomic mass is 16.5. The van der Waals surface area contributed by atoms with Crippen LogP contribution >= 0.6 is 0 Å². The number of ether oxygens (including phenoxy) is 2. The molecule has 7 nitrogen and oxygen atoms in total. The number of fused-ring (bicyclic) bond motifs is 1. The molecule has 2 rings (SSSR count). The van der Waals surface area contributed by atoms with Crippen LogP contribution in [0.1, 0.15) is 39.2 Å². The van der Waals surface area contributed by atoms with E-state index in [4.69, 9.17) is 9.47 Å². The van der Waals surface area contributed by atoms with E-state index in [0.29, 0.717) is 22.7 Å². The lowest BCUT2D eigenvalue weighted by Gasteiger charge is -2.08. The minimum Gasteiger partial charge on any atom is -0.465 e. The van der Waals surface area contributed by atoms with E-state index in [1.54, 1.807) is 25.2 Å². The molecule has 2 heterocycles. The van der Waals surface area contributed by atoms with Crippen LogP contribution in [0, 0.1) is 13.8 Å². The van der Waals surface area contributed by atoms with Gasteiger partial charge in [0.15, 0.2) is 5.69 Å². The van der Waals surface area contributed by atoms with Gasteiger partial charge in [-0.1, -0.05) is 0 Å². The maximum atomic E-state index is 11.8.